The summed E-state index contributed by atoms with van der Waals surface area (Å²) in [4.78, 5) is 11.1. The largest absolute Gasteiger partial charge is 0.490 e. The van der Waals surface area contributed by atoms with Crippen LogP contribution in [0.15, 0.2) is 30.3 Å². The molecule has 2 aliphatic carbocycles. The number of hydrogen-bond donors (Lipinski definition) is 2. The standard InChI is InChI=1S/C25H27F6NO3/c26-24(27,28)17-4-7-19(8-5-17)35-21-10-3-15-11-14(1-9-20(15)22(21)25(29,30)31)13-32-18-6-2-16(12-18)23(33)34/h1,3,9-11,16-19,32H,2,4-8,12-13H2,(H,33,34)/t16-,17?,18+,19?/m1/s1. The van der Waals surface area contributed by atoms with Gasteiger partial charge in [-0.25, -0.2) is 0 Å². The first-order chi connectivity index (χ1) is 16.4. The van der Waals surface area contributed by atoms with Crippen molar-refractivity contribution in [1.82, 2.24) is 5.32 Å². The van der Waals surface area contributed by atoms with Gasteiger partial charge in [0.1, 0.15) is 11.3 Å². The number of nitrogens with one attached hydrogen (secondary N) is 1. The molecule has 0 heterocycles. The van der Waals surface area contributed by atoms with Crippen LogP contribution in [0, 0.1) is 11.8 Å². The van der Waals surface area contributed by atoms with E-state index in [2.05, 4.69) is 5.32 Å². The summed E-state index contributed by atoms with van der Waals surface area (Å²) in [7, 11) is 0. The van der Waals surface area contributed by atoms with Gasteiger partial charge in [0, 0.05) is 12.6 Å². The van der Waals surface area contributed by atoms with Gasteiger partial charge in [-0.1, -0.05) is 18.2 Å². The van der Waals surface area contributed by atoms with Crippen LogP contribution >= 0.6 is 0 Å². The Kier molecular flexibility index (Phi) is 7.22. The summed E-state index contributed by atoms with van der Waals surface area (Å²) in [6.45, 7) is 0.398. The molecule has 0 unspecified atom stereocenters. The highest BCUT2D eigenvalue weighted by molar-refractivity contribution is 5.89. The number of carbonyl (C=O) groups is 1. The molecule has 2 atom stereocenters. The van der Waals surface area contributed by atoms with Crippen LogP contribution in [-0.2, 0) is 17.5 Å². The monoisotopic (exact) mass is 503 g/mol. The molecular weight excluding hydrogens is 476 g/mol. The lowest BCUT2D eigenvalue weighted by atomic mass is 9.87. The first-order valence-electron chi connectivity index (χ1n) is 11.7. The van der Waals surface area contributed by atoms with Gasteiger partial charge in [-0.15, -0.1) is 0 Å². The molecule has 10 heteroatoms. The molecule has 2 aliphatic rings. The summed E-state index contributed by atoms with van der Waals surface area (Å²) >= 11 is 0. The average molecular weight is 503 g/mol. The Hall–Kier alpha value is -2.49. The van der Waals surface area contributed by atoms with E-state index in [0.29, 0.717) is 24.8 Å². The average Bonchev–Trinajstić information content (AvgIpc) is 3.26. The van der Waals surface area contributed by atoms with Crippen LogP contribution in [-0.4, -0.2) is 29.4 Å². The number of ether oxygens (including phenoxy) is 1. The minimum absolute atomic E-state index is 0.0328. The SMILES string of the molecule is O=C(O)[C@@H]1CC[C@H](NCc2ccc3c(C(F)(F)F)c(OC4CCC(C(F)(F)F)CC4)ccc3c2)C1. The van der Waals surface area contributed by atoms with Crippen LogP contribution in [0.1, 0.15) is 56.1 Å². The number of fused-ring (bicyclic) bond motifs is 1. The molecule has 4 nitrogen and oxygen atoms in total. The second-order valence-electron chi connectivity index (χ2n) is 9.55. The van der Waals surface area contributed by atoms with Gasteiger partial charge < -0.3 is 15.2 Å². The maximum Gasteiger partial charge on any atom is 0.420 e. The highest BCUT2D eigenvalue weighted by Gasteiger charge is 2.42. The lowest BCUT2D eigenvalue weighted by Gasteiger charge is -2.31. The predicted molar refractivity (Wildman–Crippen MR) is 117 cm³/mol. The zero-order valence-corrected chi connectivity index (χ0v) is 18.9. The summed E-state index contributed by atoms with van der Waals surface area (Å²) in [5, 5.41) is 12.7. The van der Waals surface area contributed by atoms with E-state index < -0.39 is 35.9 Å². The van der Waals surface area contributed by atoms with Crippen molar-refractivity contribution in [3.05, 3.63) is 41.5 Å². The normalized spacial score (nSPS) is 25.7. The molecule has 2 fully saturated rings. The van der Waals surface area contributed by atoms with E-state index in [0.717, 1.165) is 12.0 Å². The number of halogens is 6. The summed E-state index contributed by atoms with van der Waals surface area (Å²) in [6.07, 6.45) is -8.07. The van der Waals surface area contributed by atoms with Crippen molar-refractivity contribution in [1.29, 1.82) is 0 Å². The quantitative estimate of drug-likeness (QED) is 0.431. The Balaban J connectivity index is 1.48. The number of carboxylic acid groups (broad SMARTS) is 1. The number of carboxylic acids is 1. The van der Waals surface area contributed by atoms with Crippen LogP contribution < -0.4 is 10.1 Å². The smallest absolute Gasteiger partial charge is 0.420 e. The van der Waals surface area contributed by atoms with Gasteiger partial charge in [0.15, 0.2) is 0 Å². The fourth-order valence-electron chi connectivity index (χ4n) is 5.20. The molecule has 0 amide bonds. The van der Waals surface area contributed by atoms with Gasteiger partial charge in [0.05, 0.1) is 17.9 Å². The molecule has 0 saturated heterocycles. The molecule has 2 saturated carbocycles. The Labute approximate surface area is 198 Å². The van der Waals surface area contributed by atoms with Crippen LogP contribution in [0.3, 0.4) is 0 Å². The van der Waals surface area contributed by atoms with Gasteiger partial charge in [0.2, 0.25) is 0 Å². The molecule has 0 radical (unpaired) electrons. The molecule has 0 bridgehead atoms. The fourth-order valence-corrected chi connectivity index (χ4v) is 5.20. The fraction of sp³-hybridized carbons (Fsp3) is 0.560. The van der Waals surface area contributed by atoms with E-state index >= 15 is 0 Å². The highest BCUT2D eigenvalue weighted by atomic mass is 19.4. The van der Waals surface area contributed by atoms with Gasteiger partial charge >= 0.3 is 18.3 Å². The number of alkyl halides is 6. The lowest BCUT2D eigenvalue weighted by Crippen LogP contribution is -2.32. The van der Waals surface area contributed by atoms with Crippen molar-refractivity contribution in [3.8, 4) is 5.75 Å². The Morgan fingerprint density at radius 2 is 1.69 bits per heavy atom. The van der Waals surface area contributed by atoms with E-state index in [4.69, 9.17) is 9.84 Å². The van der Waals surface area contributed by atoms with Crippen molar-refractivity contribution < 1.29 is 41.0 Å². The van der Waals surface area contributed by atoms with E-state index in [9.17, 15) is 31.1 Å². The number of aliphatic carboxylic acids is 1. The van der Waals surface area contributed by atoms with Crippen molar-refractivity contribution in [2.45, 2.75) is 76.0 Å². The molecule has 35 heavy (non-hydrogen) atoms. The first-order valence-corrected chi connectivity index (χ1v) is 11.7. The van der Waals surface area contributed by atoms with Crippen molar-refractivity contribution in [2.24, 2.45) is 11.8 Å². The molecular formula is C25H27F6NO3. The van der Waals surface area contributed by atoms with Crippen molar-refractivity contribution in [3.63, 3.8) is 0 Å². The molecule has 192 valence electrons. The maximum absolute atomic E-state index is 14.0. The molecule has 4 rings (SSSR count). The maximum atomic E-state index is 14.0. The topological polar surface area (TPSA) is 58.6 Å². The third kappa shape index (κ3) is 6.02. The third-order valence-electron chi connectivity index (χ3n) is 7.14. The van der Waals surface area contributed by atoms with Crippen molar-refractivity contribution >= 4 is 16.7 Å². The van der Waals surface area contributed by atoms with Gasteiger partial charge in [-0.2, -0.15) is 26.3 Å². The third-order valence-corrected chi connectivity index (χ3v) is 7.14. The highest BCUT2D eigenvalue weighted by Crippen LogP contribution is 2.44. The van der Waals surface area contributed by atoms with E-state index in [-0.39, 0.29) is 48.8 Å². The Morgan fingerprint density at radius 3 is 2.29 bits per heavy atom. The number of rotatable bonds is 6. The summed E-state index contributed by atoms with van der Waals surface area (Å²) in [6, 6.07) is 7.44. The van der Waals surface area contributed by atoms with Crippen LogP contribution in [0.5, 0.6) is 5.75 Å². The molecule has 0 spiro atoms. The molecule has 0 aliphatic heterocycles. The van der Waals surface area contributed by atoms with Crippen LogP contribution in [0.2, 0.25) is 0 Å². The second-order valence-corrected chi connectivity index (χ2v) is 9.55. The second kappa shape index (κ2) is 9.87. The molecule has 2 aromatic carbocycles. The van der Waals surface area contributed by atoms with Crippen LogP contribution in [0.4, 0.5) is 26.3 Å². The minimum Gasteiger partial charge on any atom is -0.490 e. The van der Waals surface area contributed by atoms with Gasteiger partial charge in [-0.3, -0.25) is 4.79 Å². The Bertz CT molecular complexity index is 1060. The predicted octanol–water partition coefficient (Wildman–Crippen LogP) is 6.70. The van der Waals surface area contributed by atoms with Crippen LogP contribution in [0.25, 0.3) is 10.8 Å². The van der Waals surface area contributed by atoms with Crippen molar-refractivity contribution in [2.75, 3.05) is 0 Å². The molecule has 2 aromatic rings. The lowest BCUT2D eigenvalue weighted by molar-refractivity contribution is -0.185. The van der Waals surface area contributed by atoms with E-state index in [1.807, 2.05) is 0 Å². The minimum atomic E-state index is -4.70. The summed E-state index contributed by atoms with van der Waals surface area (Å²) in [5.41, 5.74) is -0.156. The van der Waals surface area contributed by atoms with E-state index in [1.165, 1.54) is 18.2 Å². The zero-order chi connectivity index (χ0) is 25.4. The first kappa shape index (κ1) is 25.6. The Morgan fingerprint density at radius 1 is 0.971 bits per heavy atom. The summed E-state index contributed by atoms with van der Waals surface area (Å²) < 4.78 is 86.3. The zero-order valence-electron chi connectivity index (χ0n) is 18.9. The van der Waals surface area contributed by atoms with Gasteiger partial charge in [0.25, 0.3) is 0 Å². The van der Waals surface area contributed by atoms with E-state index in [1.54, 1.807) is 12.1 Å². The number of benzene rings is 2. The molecule has 0 aromatic heterocycles. The molecule has 2 N–H and O–H groups in total. The summed E-state index contributed by atoms with van der Waals surface area (Å²) in [5.74, 6) is -2.99. The number of hydrogen-bond acceptors (Lipinski definition) is 3. The van der Waals surface area contributed by atoms with Gasteiger partial charge in [-0.05, 0) is 73.4 Å².